The number of amides is 1. The summed E-state index contributed by atoms with van der Waals surface area (Å²) in [7, 11) is 0. The summed E-state index contributed by atoms with van der Waals surface area (Å²) in [5.74, 6) is -1.30. The number of aromatic nitrogens is 1. The Labute approximate surface area is 191 Å². The minimum atomic E-state index is -4.94. The van der Waals surface area contributed by atoms with Crippen molar-refractivity contribution < 1.29 is 37.0 Å². The number of H-pyrrole nitrogens is 1. The molecule has 1 aromatic heterocycles. The number of ether oxygens (including phenoxy) is 3. The van der Waals surface area contributed by atoms with E-state index in [0.29, 0.717) is 0 Å². The summed E-state index contributed by atoms with van der Waals surface area (Å²) in [5, 5.41) is 1.93. The monoisotopic (exact) mass is 493 g/mol. The van der Waals surface area contributed by atoms with Gasteiger partial charge >= 0.3 is 18.4 Å². The molecule has 32 heavy (non-hydrogen) atoms. The number of aromatic amines is 1. The van der Waals surface area contributed by atoms with E-state index in [1.165, 1.54) is 29.3 Å². The molecule has 2 aromatic rings. The van der Waals surface area contributed by atoms with Gasteiger partial charge in [-0.3, -0.25) is 5.32 Å². The number of halogens is 4. The smallest absolute Gasteiger partial charge is 0.461 e. The standard InChI is InChI=1S/C19H19ClF3N3O5S/c1-3-29-16(27)15-13(7-8-24-15)26(17(32)25-18(28)30-4-2)10-11-5-6-12(20)14(9-11)31-19(21,22)23/h5-9,24H,3-4,10H2,1-2H3,(H,25,28,32). The highest BCUT2D eigenvalue weighted by molar-refractivity contribution is 7.80. The molecule has 0 aliphatic heterocycles. The molecule has 8 nitrogen and oxygen atoms in total. The quantitative estimate of drug-likeness (QED) is 0.423. The summed E-state index contributed by atoms with van der Waals surface area (Å²) in [4.78, 5) is 28.2. The van der Waals surface area contributed by atoms with E-state index in [0.717, 1.165) is 6.07 Å². The molecule has 2 rings (SSSR count). The molecule has 0 aliphatic carbocycles. The molecule has 0 radical (unpaired) electrons. The number of esters is 1. The van der Waals surface area contributed by atoms with Gasteiger partial charge in [0.2, 0.25) is 0 Å². The lowest BCUT2D eigenvalue weighted by molar-refractivity contribution is -0.274. The average Bonchev–Trinajstić information content (AvgIpc) is 3.17. The molecule has 1 aromatic carbocycles. The molecule has 1 heterocycles. The van der Waals surface area contributed by atoms with Crippen LogP contribution in [0.25, 0.3) is 0 Å². The molecule has 0 aliphatic rings. The number of carbonyl (C=O) groups is 2. The van der Waals surface area contributed by atoms with Crippen molar-refractivity contribution in [2.24, 2.45) is 0 Å². The molecule has 13 heteroatoms. The van der Waals surface area contributed by atoms with Gasteiger partial charge in [0.15, 0.2) is 5.11 Å². The summed E-state index contributed by atoms with van der Waals surface area (Å²) in [6, 6.07) is 5.24. The second-order valence-corrected chi connectivity index (χ2v) is 6.80. The molecule has 0 saturated heterocycles. The maximum absolute atomic E-state index is 12.7. The van der Waals surface area contributed by atoms with E-state index in [2.05, 4.69) is 15.0 Å². The normalized spacial score (nSPS) is 10.9. The van der Waals surface area contributed by atoms with Gasteiger partial charge in [-0.15, -0.1) is 13.2 Å². The lowest BCUT2D eigenvalue weighted by Gasteiger charge is -2.25. The van der Waals surface area contributed by atoms with Crippen molar-refractivity contribution in [1.82, 2.24) is 10.3 Å². The SMILES string of the molecule is CCOC(=O)NC(=S)N(Cc1ccc(Cl)c(OC(F)(F)F)c1)c1cc[nH]c1C(=O)OCC. The van der Waals surface area contributed by atoms with E-state index in [1.54, 1.807) is 13.8 Å². The van der Waals surface area contributed by atoms with Gasteiger partial charge < -0.3 is 24.1 Å². The Bertz CT molecular complexity index is 983. The van der Waals surface area contributed by atoms with Crippen molar-refractivity contribution in [3.05, 3.63) is 46.7 Å². The number of anilines is 1. The first kappa shape index (κ1) is 25.3. The third-order valence-corrected chi connectivity index (χ3v) is 4.42. The molecule has 0 fully saturated rings. The van der Waals surface area contributed by atoms with E-state index in [-0.39, 0.29) is 46.8 Å². The van der Waals surface area contributed by atoms with Crippen LogP contribution in [0, 0.1) is 0 Å². The van der Waals surface area contributed by atoms with Crippen LogP contribution in [0.1, 0.15) is 29.9 Å². The predicted octanol–water partition coefficient (Wildman–Crippen LogP) is 4.78. The Morgan fingerprint density at radius 1 is 1.19 bits per heavy atom. The van der Waals surface area contributed by atoms with Crippen molar-refractivity contribution in [3.63, 3.8) is 0 Å². The molecule has 1 amide bonds. The van der Waals surface area contributed by atoms with Gasteiger partial charge in [-0.2, -0.15) is 0 Å². The Hall–Kier alpha value is -2.99. The highest BCUT2D eigenvalue weighted by Crippen LogP contribution is 2.32. The van der Waals surface area contributed by atoms with E-state index in [9.17, 15) is 22.8 Å². The zero-order valence-corrected chi connectivity index (χ0v) is 18.5. The second-order valence-electron chi connectivity index (χ2n) is 6.01. The van der Waals surface area contributed by atoms with Crippen molar-refractivity contribution in [2.45, 2.75) is 26.8 Å². The van der Waals surface area contributed by atoms with Crippen LogP contribution < -0.4 is 15.0 Å². The summed E-state index contributed by atoms with van der Waals surface area (Å²) >= 11 is 11.1. The molecule has 2 N–H and O–H groups in total. The number of nitrogens with zero attached hydrogens (tertiary/aromatic N) is 1. The minimum Gasteiger partial charge on any atom is -0.461 e. The summed E-state index contributed by atoms with van der Waals surface area (Å²) in [6.07, 6.45) is -4.34. The number of benzene rings is 1. The maximum Gasteiger partial charge on any atom is 0.573 e. The maximum atomic E-state index is 12.7. The molecule has 0 unspecified atom stereocenters. The van der Waals surface area contributed by atoms with Gasteiger partial charge in [0, 0.05) is 6.20 Å². The predicted molar refractivity (Wildman–Crippen MR) is 114 cm³/mol. The lowest BCUT2D eigenvalue weighted by Crippen LogP contribution is -2.43. The van der Waals surface area contributed by atoms with Gasteiger partial charge in [0.1, 0.15) is 11.4 Å². The van der Waals surface area contributed by atoms with Crippen LogP contribution in [-0.2, 0) is 16.0 Å². The minimum absolute atomic E-state index is 0.0283. The van der Waals surface area contributed by atoms with Gasteiger partial charge in [-0.1, -0.05) is 17.7 Å². The molecule has 174 valence electrons. The Morgan fingerprint density at radius 2 is 1.88 bits per heavy atom. The van der Waals surface area contributed by atoms with Crippen LogP contribution in [0.2, 0.25) is 5.02 Å². The highest BCUT2D eigenvalue weighted by Gasteiger charge is 2.32. The molecule has 0 bridgehead atoms. The van der Waals surface area contributed by atoms with Gasteiger partial charge in [-0.25, -0.2) is 9.59 Å². The first-order chi connectivity index (χ1) is 15.1. The van der Waals surface area contributed by atoms with Crippen LogP contribution in [-0.4, -0.2) is 41.7 Å². The molecule has 0 saturated carbocycles. The van der Waals surface area contributed by atoms with Crippen molar-refractivity contribution in [1.29, 1.82) is 0 Å². The van der Waals surface area contributed by atoms with Gasteiger partial charge in [0.05, 0.1) is 30.5 Å². The average molecular weight is 494 g/mol. The van der Waals surface area contributed by atoms with Crippen molar-refractivity contribution >= 4 is 46.7 Å². The third kappa shape index (κ3) is 7.02. The molecule has 0 spiro atoms. The fourth-order valence-electron chi connectivity index (χ4n) is 2.57. The summed E-state index contributed by atoms with van der Waals surface area (Å²) in [5.41, 5.74) is 0.539. The largest absolute Gasteiger partial charge is 0.573 e. The first-order valence-corrected chi connectivity index (χ1v) is 9.98. The number of alkyl halides is 3. The topological polar surface area (TPSA) is 92.9 Å². The summed E-state index contributed by atoms with van der Waals surface area (Å²) in [6.45, 7) is 3.27. The fraction of sp³-hybridized carbons (Fsp3) is 0.316. The van der Waals surface area contributed by atoms with E-state index < -0.39 is 24.2 Å². The zero-order valence-electron chi connectivity index (χ0n) is 16.9. The van der Waals surface area contributed by atoms with Crippen LogP contribution in [0.4, 0.5) is 23.7 Å². The molecular formula is C19H19ClF3N3O5S. The van der Waals surface area contributed by atoms with Crippen LogP contribution in [0.5, 0.6) is 5.75 Å². The number of alkyl carbamates (subject to hydrolysis) is 1. The number of hydrogen-bond donors (Lipinski definition) is 2. The number of nitrogens with one attached hydrogen (secondary N) is 2. The Balaban J connectivity index is 2.41. The van der Waals surface area contributed by atoms with E-state index in [4.69, 9.17) is 33.3 Å². The Morgan fingerprint density at radius 3 is 2.50 bits per heavy atom. The summed E-state index contributed by atoms with van der Waals surface area (Å²) < 4.78 is 51.8. The van der Waals surface area contributed by atoms with E-state index in [1.807, 2.05) is 0 Å². The number of hydrogen-bond acceptors (Lipinski definition) is 6. The van der Waals surface area contributed by atoms with Crippen LogP contribution in [0.15, 0.2) is 30.5 Å². The molecule has 0 atom stereocenters. The number of carbonyl (C=O) groups excluding carboxylic acids is 2. The first-order valence-electron chi connectivity index (χ1n) is 9.19. The van der Waals surface area contributed by atoms with Crippen LogP contribution >= 0.6 is 23.8 Å². The van der Waals surface area contributed by atoms with E-state index >= 15 is 0 Å². The lowest BCUT2D eigenvalue weighted by atomic mass is 10.2. The van der Waals surface area contributed by atoms with Crippen molar-refractivity contribution in [3.8, 4) is 5.75 Å². The van der Waals surface area contributed by atoms with Gasteiger partial charge in [0.25, 0.3) is 0 Å². The number of thiocarbonyl (C=S) groups is 1. The second kappa shape index (κ2) is 11.0. The Kier molecular flexibility index (Phi) is 8.72. The number of rotatable bonds is 7. The zero-order chi connectivity index (χ0) is 23.9. The van der Waals surface area contributed by atoms with Crippen LogP contribution in [0.3, 0.4) is 0 Å². The fourth-order valence-corrected chi connectivity index (χ4v) is 2.98. The molecular weight excluding hydrogens is 475 g/mol. The van der Waals surface area contributed by atoms with Gasteiger partial charge in [-0.05, 0) is 49.8 Å². The highest BCUT2D eigenvalue weighted by atomic mass is 35.5. The third-order valence-electron chi connectivity index (χ3n) is 3.79. The van der Waals surface area contributed by atoms with Crippen molar-refractivity contribution in [2.75, 3.05) is 18.1 Å².